The van der Waals surface area contributed by atoms with E-state index < -0.39 is 5.41 Å². The minimum Gasteiger partial charge on any atom is -0.384 e. The minimum absolute atomic E-state index is 0.0318. The molecule has 1 amide bonds. The number of benzene rings is 2. The molecule has 0 fully saturated rings. The molecule has 2 aliphatic heterocycles. The number of nitrogens with zero attached hydrogens (tertiary/aromatic N) is 3. The van der Waals surface area contributed by atoms with Crippen molar-refractivity contribution in [1.29, 1.82) is 5.26 Å². The summed E-state index contributed by atoms with van der Waals surface area (Å²) in [4.78, 5) is 30.4. The second-order valence-corrected chi connectivity index (χ2v) is 8.94. The topological polar surface area (TPSA) is 90.4 Å². The number of ketones is 1. The average molecular weight is 465 g/mol. The van der Waals surface area contributed by atoms with Gasteiger partial charge in [0.2, 0.25) is 5.91 Å². The Morgan fingerprint density at radius 2 is 1.78 bits per heavy atom. The molecule has 0 saturated carbocycles. The lowest BCUT2D eigenvalue weighted by Crippen LogP contribution is -2.52. The van der Waals surface area contributed by atoms with Crippen molar-refractivity contribution in [2.24, 2.45) is 5.73 Å². The van der Waals surface area contributed by atoms with Gasteiger partial charge in [-0.15, -0.1) is 0 Å². The molecule has 0 bridgehead atoms. The number of carbonyl (C=O) groups is 2. The van der Waals surface area contributed by atoms with Gasteiger partial charge in [-0.05, 0) is 37.1 Å². The number of fused-ring (bicyclic) bond motifs is 3. The van der Waals surface area contributed by atoms with Crippen LogP contribution in [0.5, 0.6) is 0 Å². The molecule has 1 atom stereocenters. The molecule has 1 aliphatic carbocycles. The zero-order valence-corrected chi connectivity index (χ0v) is 18.7. The first-order valence-corrected chi connectivity index (χ1v) is 10.9. The Labute approximate surface area is 195 Å². The van der Waals surface area contributed by atoms with Crippen LogP contribution in [0.1, 0.15) is 24.8 Å². The average Bonchev–Trinajstić information content (AvgIpc) is 2.96. The third-order valence-electron chi connectivity index (χ3n) is 6.41. The lowest BCUT2D eigenvalue weighted by Gasteiger charge is -2.43. The predicted octanol–water partition coefficient (Wildman–Crippen LogP) is 4.43. The van der Waals surface area contributed by atoms with Crippen molar-refractivity contribution in [2.75, 3.05) is 16.8 Å². The highest BCUT2D eigenvalue weighted by Crippen LogP contribution is 2.56. The van der Waals surface area contributed by atoms with Crippen molar-refractivity contribution in [3.8, 4) is 6.07 Å². The zero-order valence-electron chi connectivity index (χ0n) is 17.2. The summed E-state index contributed by atoms with van der Waals surface area (Å²) in [5.41, 5.74) is 7.80. The number of hydrogen-bond acceptors (Lipinski definition) is 5. The Bertz CT molecular complexity index is 1300. The Hall–Kier alpha value is -3.27. The SMILES string of the molecule is CN1C(=O)[C@@]2(C(C#N)=C(N)N(c3cc(Cl)cc(Cl)c3)C3=C2C(=O)CCC3)c2ccccc21. The molecule has 0 unspecified atom stereocenters. The van der Waals surface area contributed by atoms with E-state index >= 15 is 0 Å². The molecule has 32 heavy (non-hydrogen) atoms. The quantitative estimate of drug-likeness (QED) is 0.673. The summed E-state index contributed by atoms with van der Waals surface area (Å²) >= 11 is 12.5. The molecular weight excluding hydrogens is 447 g/mol. The number of Topliss-reactive ketones (excluding diaryl/α,β-unsaturated/α-hetero) is 1. The number of para-hydroxylation sites is 1. The van der Waals surface area contributed by atoms with Gasteiger partial charge in [-0.3, -0.25) is 14.5 Å². The van der Waals surface area contributed by atoms with E-state index in [9.17, 15) is 14.9 Å². The van der Waals surface area contributed by atoms with Gasteiger partial charge >= 0.3 is 0 Å². The predicted molar refractivity (Wildman–Crippen MR) is 123 cm³/mol. The summed E-state index contributed by atoms with van der Waals surface area (Å²) < 4.78 is 0. The maximum Gasteiger partial charge on any atom is 0.247 e. The molecule has 2 heterocycles. The van der Waals surface area contributed by atoms with E-state index in [-0.39, 0.29) is 23.1 Å². The van der Waals surface area contributed by atoms with Gasteiger partial charge in [0, 0.05) is 46.0 Å². The molecule has 0 radical (unpaired) electrons. The van der Waals surface area contributed by atoms with Crippen molar-refractivity contribution < 1.29 is 9.59 Å². The summed E-state index contributed by atoms with van der Waals surface area (Å²) in [5, 5.41) is 11.1. The van der Waals surface area contributed by atoms with Gasteiger partial charge < -0.3 is 10.6 Å². The van der Waals surface area contributed by atoms with Crippen LogP contribution in [-0.2, 0) is 15.0 Å². The molecule has 0 aromatic heterocycles. The van der Waals surface area contributed by atoms with Crippen molar-refractivity contribution >= 4 is 46.3 Å². The summed E-state index contributed by atoms with van der Waals surface area (Å²) in [6, 6.07) is 14.3. The molecule has 3 aliphatic rings. The highest BCUT2D eigenvalue weighted by Gasteiger charge is 2.61. The number of amides is 1. The van der Waals surface area contributed by atoms with E-state index in [1.54, 1.807) is 42.3 Å². The summed E-state index contributed by atoms with van der Waals surface area (Å²) in [7, 11) is 1.65. The third kappa shape index (κ3) is 2.52. The second kappa shape index (κ2) is 7.13. The van der Waals surface area contributed by atoms with Crippen molar-refractivity contribution in [3.05, 3.63) is 80.7 Å². The maximum atomic E-state index is 13.8. The largest absolute Gasteiger partial charge is 0.384 e. The number of carbonyl (C=O) groups excluding carboxylic acids is 2. The van der Waals surface area contributed by atoms with Gasteiger partial charge in [0.15, 0.2) is 5.78 Å². The molecule has 1 spiro atoms. The standard InChI is InChI=1S/C24H18Cl2N4O2/c1-29-18-6-3-2-5-16(18)24(23(29)32)17(12-27)22(28)30(15-10-13(25)9-14(26)11-15)19-7-4-8-20(31)21(19)24/h2-3,5-6,9-11H,4,7-8,28H2,1H3/t24-/m1/s1. The third-order valence-corrected chi connectivity index (χ3v) is 6.85. The van der Waals surface area contributed by atoms with Gasteiger partial charge in [-0.1, -0.05) is 41.4 Å². The lowest BCUT2D eigenvalue weighted by molar-refractivity contribution is -0.124. The smallest absolute Gasteiger partial charge is 0.247 e. The van der Waals surface area contributed by atoms with Gasteiger partial charge in [-0.2, -0.15) is 5.26 Å². The Morgan fingerprint density at radius 1 is 1.09 bits per heavy atom. The van der Waals surface area contributed by atoms with Crippen LogP contribution in [0, 0.1) is 11.3 Å². The fraction of sp³-hybridized carbons (Fsp3) is 0.208. The monoisotopic (exact) mass is 464 g/mol. The number of nitriles is 1. The molecule has 2 N–H and O–H groups in total. The molecule has 2 aromatic carbocycles. The Balaban J connectivity index is 1.90. The highest BCUT2D eigenvalue weighted by atomic mass is 35.5. The fourth-order valence-electron chi connectivity index (χ4n) is 5.20. The van der Waals surface area contributed by atoms with E-state index in [1.165, 1.54) is 4.90 Å². The van der Waals surface area contributed by atoms with Crippen LogP contribution in [-0.4, -0.2) is 18.7 Å². The first-order valence-electron chi connectivity index (χ1n) is 10.1. The van der Waals surface area contributed by atoms with Crippen LogP contribution < -0.4 is 15.5 Å². The summed E-state index contributed by atoms with van der Waals surface area (Å²) in [5.74, 6) is -0.425. The molecule has 8 heteroatoms. The molecule has 0 saturated heterocycles. The van der Waals surface area contributed by atoms with Crippen molar-refractivity contribution in [2.45, 2.75) is 24.7 Å². The number of hydrogen-bond donors (Lipinski definition) is 1. The van der Waals surface area contributed by atoms with Crippen molar-refractivity contribution in [1.82, 2.24) is 0 Å². The summed E-state index contributed by atoms with van der Waals surface area (Å²) in [6.07, 6.45) is 1.42. The number of anilines is 2. The first-order chi connectivity index (χ1) is 15.3. The van der Waals surface area contributed by atoms with Crippen molar-refractivity contribution in [3.63, 3.8) is 0 Å². The normalized spacial score (nSPS) is 22.4. The molecule has 5 rings (SSSR count). The van der Waals surface area contributed by atoms with Crippen LogP contribution in [0.25, 0.3) is 0 Å². The fourth-order valence-corrected chi connectivity index (χ4v) is 5.71. The van der Waals surface area contributed by atoms with E-state index in [0.29, 0.717) is 57.5 Å². The Kier molecular flexibility index (Phi) is 4.59. The number of nitrogens with two attached hydrogens (primary N) is 1. The molecular formula is C24H18Cl2N4O2. The number of rotatable bonds is 1. The van der Waals surface area contributed by atoms with Crippen LogP contribution in [0.15, 0.2) is 65.1 Å². The molecule has 2 aromatic rings. The number of allylic oxidation sites excluding steroid dienone is 1. The van der Waals surface area contributed by atoms with E-state index in [0.717, 1.165) is 0 Å². The number of likely N-dealkylation sites (N-methyl/N-ethyl adjacent to an activating group) is 1. The van der Waals surface area contributed by atoms with Gasteiger partial charge in [0.25, 0.3) is 0 Å². The van der Waals surface area contributed by atoms with E-state index in [2.05, 4.69) is 6.07 Å². The van der Waals surface area contributed by atoms with Crippen LogP contribution in [0.3, 0.4) is 0 Å². The summed E-state index contributed by atoms with van der Waals surface area (Å²) in [6.45, 7) is 0. The van der Waals surface area contributed by atoms with Crippen LogP contribution >= 0.6 is 23.2 Å². The maximum absolute atomic E-state index is 13.8. The van der Waals surface area contributed by atoms with Gasteiger partial charge in [0.1, 0.15) is 17.3 Å². The number of halogens is 2. The minimum atomic E-state index is -1.56. The van der Waals surface area contributed by atoms with Gasteiger partial charge in [0.05, 0.1) is 11.3 Å². The molecule has 160 valence electrons. The van der Waals surface area contributed by atoms with E-state index in [1.807, 2.05) is 12.1 Å². The lowest BCUT2D eigenvalue weighted by atomic mass is 9.64. The van der Waals surface area contributed by atoms with Crippen LogP contribution in [0.4, 0.5) is 11.4 Å². The molecule has 6 nitrogen and oxygen atoms in total. The highest BCUT2D eigenvalue weighted by molar-refractivity contribution is 6.35. The zero-order chi connectivity index (χ0) is 22.8. The van der Waals surface area contributed by atoms with Gasteiger partial charge in [-0.25, -0.2) is 0 Å². The second-order valence-electron chi connectivity index (χ2n) is 8.06. The Morgan fingerprint density at radius 3 is 2.47 bits per heavy atom. The van der Waals surface area contributed by atoms with Crippen LogP contribution in [0.2, 0.25) is 10.0 Å². The first kappa shape index (κ1) is 20.6. The van der Waals surface area contributed by atoms with E-state index in [4.69, 9.17) is 28.9 Å².